The average molecular weight is 1110 g/mol. The summed E-state index contributed by atoms with van der Waals surface area (Å²) in [4.78, 5) is 38.5. The summed E-state index contributed by atoms with van der Waals surface area (Å²) in [6.07, 6.45) is 92.3. The van der Waals surface area contributed by atoms with Crippen LogP contribution in [0, 0.1) is 0 Å². The SMILES string of the molecule is CC/C=C\C/C=C\C/C=C\C/C=C\C/C=C\CCCCCCCCCC(=O)OCC(COC(=O)CCCCCCCCCCCCCCCCCCCC)OC(=O)CCCCCCCCCC/C=C\C/C=C\C/C=C\C/C=C\CC. The van der Waals surface area contributed by atoms with Crippen molar-refractivity contribution in [3.63, 3.8) is 0 Å². The van der Waals surface area contributed by atoms with Crippen LogP contribution in [0.5, 0.6) is 0 Å². The first-order chi connectivity index (χ1) is 39.5. The van der Waals surface area contributed by atoms with Crippen molar-refractivity contribution in [3.05, 3.63) is 109 Å². The van der Waals surface area contributed by atoms with Crippen LogP contribution in [-0.2, 0) is 28.6 Å². The van der Waals surface area contributed by atoms with Gasteiger partial charge in [0.1, 0.15) is 13.2 Å². The summed E-state index contributed by atoms with van der Waals surface area (Å²) in [5.41, 5.74) is 0. The zero-order valence-electron chi connectivity index (χ0n) is 52.6. The molecule has 6 heteroatoms. The zero-order valence-corrected chi connectivity index (χ0v) is 52.6. The van der Waals surface area contributed by atoms with Gasteiger partial charge < -0.3 is 14.2 Å². The van der Waals surface area contributed by atoms with Crippen LogP contribution in [0.15, 0.2) is 109 Å². The molecule has 0 amide bonds. The minimum Gasteiger partial charge on any atom is -0.462 e. The van der Waals surface area contributed by atoms with E-state index in [0.29, 0.717) is 19.3 Å². The molecule has 0 aromatic rings. The predicted molar refractivity (Wildman–Crippen MR) is 348 cm³/mol. The third kappa shape index (κ3) is 64.9. The van der Waals surface area contributed by atoms with E-state index in [1.54, 1.807) is 0 Å². The molecule has 0 N–H and O–H groups in total. The Bertz CT molecular complexity index is 1610. The molecule has 0 aromatic carbocycles. The van der Waals surface area contributed by atoms with Crippen molar-refractivity contribution >= 4 is 17.9 Å². The minimum absolute atomic E-state index is 0.0831. The number of carbonyl (C=O) groups is 3. The maximum absolute atomic E-state index is 13.0. The Morgan fingerprint density at radius 2 is 0.487 bits per heavy atom. The lowest BCUT2D eigenvalue weighted by atomic mass is 10.0. The topological polar surface area (TPSA) is 78.9 Å². The summed E-state index contributed by atoms with van der Waals surface area (Å²) in [6.45, 7) is 6.44. The van der Waals surface area contributed by atoms with Crippen LogP contribution in [0.4, 0.5) is 0 Å². The van der Waals surface area contributed by atoms with E-state index in [2.05, 4.69) is 130 Å². The Morgan fingerprint density at radius 1 is 0.263 bits per heavy atom. The molecule has 0 bridgehead atoms. The lowest BCUT2D eigenvalue weighted by Crippen LogP contribution is -2.30. The third-order valence-corrected chi connectivity index (χ3v) is 14.5. The van der Waals surface area contributed by atoms with Crippen molar-refractivity contribution in [2.24, 2.45) is 0 Å². The second-order valence-electron chi connectivity index (χ2n) is 22.3. The van der Waals surface area contributed by atoms with E-state index in [1.807, 2.05) is 0 Å². The molecule has 0 aliphatic carbocycles. The molecule has 0 aromatic heterocycles. The van der Waals surface area contributed by atoms with Gasteiger partial charge in [0.25, 0.3) is 0 Å². The van der Waals surface area contributed by atoms with Crippen molar-refractivity contribution in [3.8, 4) is 0 Å². The predicted octanol–water partition coefficient (Wildman–Crippen LogP) is 23.4. The van der Waals surface area contributed by atoms with Gasteiger partial charge in [0.15, 0.2) is 6.10 Å². The highest BCUT2D eigenvalue weighted by molar-refractivity contribution is 5.71. The molecule has 458 valence electrons. The van der Waals surface area contributed by atoms with Crippen LogP contribution in [-0.4, -0.2) is 37.2 Å². The summed E-state index contributed by atoms with van der Waals surface area (Å²) in [7, 11) is 0. The molecule has 0 rings (SSSR count). The summed E-state index contributed by atoms with van der Waals surface area (Å²) in [6, 6.07) is 0. The van der Waals surface area contributed by atoms with E-state index in [9.17, 15) is 14.4 Å². The van der Waals surface area contributed by atoms with E-state index in [4.69, 9.17) is 14.2 Å². The molecule has 0 aliphatic heterocycles. The quantitative estimate of drug-likeness (QED) is 0.0261. The van der Waals surface area contributed by atoms with E-state index in [0.717, 1.165) is 128 Å². The smallest absolute Gasteiger partial charge is 0.306 e. The lowest BCUT2D eigenvalue weighted by molar-refractivity contribution is -0.167. The fourth-order valence-electron chi connectivity index (χ4n) is 9.52. The normalized spacial score (nSPS) is 12.8. The Morgan fingerprint density at radius 3 is 0.762 bits per heavy atom. The first-order valence-corrected chi connectivity index (χ1v) is 33.9. The fourth-order valence-corrected chi connectivity index (χ4v) is 9.52. The van der Waals surface area contributed by atoms with Crippen molar-refractivity contribution in [2.45, 2.75) is 329 Å². The van der Waals surface area contributed by atoms with Gasteiger partial charge in [-0.3, -0.25) is 14.4 Å². The summed E-state index contributed by atoms with van der Waals surface area (Å²) >= 11 is 0. The largest absolute Gasteiger partial charge is 0.462 e. The monoisotopic (exact) mass is 1110 g/mol. The van der Waals surface area contributed by atoms with Crippen LogP contribution in [0.25, 0.3) is 0 Å². The number of esters is 3. The molecule has 0 radical (unpaired) electrons. The number of ether oxygens (including phenoxy) is 3. The van der Waals surface area contributed by atoms with Gasteiger partial charge in [0.05, 0.1) is 0 Å². The van der Waals surface area contributed by atoms with Gasteiger partial charge in [-0.2, -0.15) is 0 Å². The number of allylic oxidation sites excluding steroid dienone is 18. The highest BCUT2D eigenvalue weighted by Gasteiger charge is 2.19. The van der Waals surface area contributed by atoms with E-state index in [-0.39, 0.29) is 31.1 Å². The van der Waals surface area contributed by atoms with Gasteiger partial charge in [0.2, 0.25) is 0 Å². The molecule has 0 saturated carbocycles. The average Bonchev–Trinajstić information content (AvgIpc) is 3.46. The van der Waals surface area contributed by atoms with Crippen molar-refractivity contribution < 1.29 is 28.6 Å². The van der Waals surface area contributed by atoms with E-state index in [1.165, 1.54) is 154 Å². The van der Waals surface area contributed by atoms with E-state index >= 15 is 0 Å². The molecule has 0 aliphatic rings. The summed E-state index contributed by atoms with van der Waals surface area (Å²) < 4.78 is 17.0. The molecule has 1 unspecified atom stereocenters. The molecule has 0 saturated heterocycles. The van der Waals surface area contributed by atoms with Crippen LogP contribution in [0.2, 0.25) is 0 Å². The van der Waals surface area contributed by atoms with Gasteiger partial charge in [0, 0.05) is 19.3 Å². The molecule has 6 nitrogen and oxygen atoms in total. The number of carbonyl (C=O) groups excluding carboxylic acids is 3. The van der Waals surface area contributed by atoms with Crippen LogP contribution < -0.4 is 0 Å². The fraction of sp³-hybridized carbons (Fsp3) is 0.716. The first-order valence-electron chi connectivity index (χ1n) is 33.9. The standard InChI is InChI=1S/C74H126O6/c1-4-7-10-13-16-19-22-25-28-31-34-36-37-39-40-43-46-49-52-55-58-61-64-67-73(76)79-70-71(69-78-72(75)66-63-60-57-54-51-48-45-42-33-30-27-24-21-18-15-12-9-6-3)80-74(77)68-65-62-59-56-53-50-47-44-41-38-35-32-29-26-23-20-17-14-11-8-5-2/h7-8,10-11,16-17,19-20,25-26,28-29,34-36,38-40,71H,4-6,9,12-15,18,21-24,27,30-33,37,41-70H2,1-3H3/b10-7-,11-8-,19-16-,20-17-,28-25-,29-26-,36-34-,38-35-,40-39-. The van der Waals surface area contributed by atoms with Crippen LogP contribution in [0.1, 0.15) is 323 Å². The summed E-state index contributed by atoms with van der Waals surface area (Å²) in [5.74, 6) is -0.889. The second-order valence-corrected chi connectivity index (χ2v) is 22.3. The number of hydrogen-bond acceptors (Lipinski definition) is 6. The van der Waals surface area contributed by atoms with Gasteiger partial charge in [-0.25, -0.2) is 0 Å². The molecular formula is C74H126O6. The van der Waals surface area contributed by atoms with Crippen LogP contribution >= 0.6 is 0 Å². The maximum Gasteiger partial charge on any atom is 0.306 e. The maximum atomic E-state index is 13.0. The molecule has 0 heterocycles. The number of hydrogen-bond donors (Lipinski definition) is 0. The highest BCUT2D eigenvalue weighted by Crippen LogP contribution is 2.17. The molecule has 0 fully saturated rings. The first kappa shape index (κ1) is 76.1. The molecular weight excluding hydrogens is 985 g/mol. The molecule has 1 atom stereocenters. The Hall–Kier alpha value is -3.93. The van der Waals surface area contributed by atoms with Crippen molar-refractivity contribution in [1.82, 2.24) is 0 Å². The lowest BCUT2D eigenvalue weighted by Gasteiger charge is -2.18. The Labute approximate surface area is 495 Å². The van der Waals surface area contributed by atoms with Gasteiger partial charge in [-0.15, -0.1) is 0 Å². The van der Waals surface area contributed by atoms with E-state index < -0.39 is 6.10 Å². The van der Waals surface area contributed by atoms with Gasteiger partial charge >= 0.3 is 17.9 Å². The third-order valence-electron chi connectivity index (χ3n) is 14.5. The summed E-state index contributed by atoms with van der Waals surface area (Å²) in [5, 5.41) is 0. The molecule has 80 heavy (non-hydrogen) atoms. The van der Waals surface area contributed by atoms with Crippen LogP contribution in [0.3, 0.4) is 0 Å². The zero-order chi connectivity index (χ0) is 57.8. The molecule has 0 spiro atoms. The van der Waals surface area contributed by atoms with Gasteiger partial charge in [-0.05, 0) is 103 Å². The Kier molecular flexibility index (Phi) is 64.3. The van der Waals surface area contributed by atoms with Crippen molar-refractivity contribution in [1.29, 1.82) is 0 Å². The minimum atomic E-state index is -0.790. The number of unbranched alkanes of at least 4 members (excludes halogenated alkanes) is 32. The van der Waals surface area contributed by atoms with Crippen molar-refractivity contribution in [2.75, 3.05) is 13.2 Å². The number of rotatable bonds is 61. The highest BCUT2D eigenvalue weighted by atomic mass is 16.6. The van der Waals surface area contributed by atoms with Gasteiger partial charge in [-0.1, -0.05) is 310 Å². The second kappa shape index (κ2) is 67.6. The Balaban J connectivity index is 4.41.